The molecule has 35 heavy (non-hydrogen) atoms. The molecule has 1 amide bonds. The van der Waals surface area contributed by atoms with Gasteiger partial charge in [-0.2, -0.15) is 0 Å². The predicted molar refractivity (Wildman–Crippen MR) is 148 cm³/mol. The Labute approximate surface area is 214 Å². The Morgan fingerprint density at radius 2 is 1.63 bits per heavy atom. The van der Waals surface area contributed by atoms with E-state index in [0.717, 1.165) is 68.5 Å². The van der Waals surface area contributed by atoms with Crippen molar-refractivity contribution in [1.82, 2.24) is 19.4 Å². The SMILES string of the molecule is CCC(C)c1nc2ccc(C(=O)N(CCC(C)C)CCC(C)C)cc2n1CCCN1CCCCC1. The number of fused-ring (bicyclic) bond motifs is 1. The molecule has 0 aliphatic carbocycles. The number of aryl methyl sites for hydroxylation is 1. The summed E-state index contributed by atoms with van der Waals surface area (Å²) in [6, 6.07) is 6.18. The van der Waals surface area contributed by atoms with E-state index in [1.807, 2.05) is 6.07 Å². The molecule has 0 bridgehead atoms. The Kier molecular flexibility index (Phi) is 10.6. The second kappa shape index (κ2) is 13.4. The molecular formula is C30H50N4O. The van der Waals surface area contributed by atoms with Crippen LogP contribution in [0.4, 0.5) is 0 Å². The first-order valence-corrected chi connectivity index (χ1v) is 14.3. The van der Waals surface area contributed by atoms with E-state index in [1.54, 1.807) is 0 Å². The molecule has 1 aliphatic heterocycles. The van der Waals surface area contributed by atoms with Crippen molar-refractivity contribution in [2.75, 3.05) is 32.7 Å². The minimum Gasteiger partial charge on any atom is -0.339 e. The number of amides is 1. The lowest BCUT2D eigenvalue weighted by Gasteiger charge is -2.26. The van der Waals surface area contributed by atoms with E-state index in [9.17, 15) is 4.79 Å². The molecule has 1 saturated heterocycles. The summed E-state index contributed by atoms with van der Waals surface area (Å²) >= 11 is 0. The van der Waals surface area contributed by atoms with Crippen molar-refractivity contribution in [3.8, 4) is 0 Å². The average molecular weight is 483 g/mol. The summed E-state index contributed by atoms with van der Waals surface area (Å²) in [6.45, 7) is 19.7. The van der Waals surface area contributed by atoms with E-state index in [-0.39, 0.29) is 5.91 Å². The standard InChI is InChI=1S/C30H50N4O/c1-7-25(6)29-31-27-13-12-26(30(35)33(20-14-23(2)3)21-15-24(4)5)22-28(27)34(29)19-11-18-32-16-9-8-10-17-32/h12-13,22-25H,7-11,14-21H2,1-6H3. The maximum Gasteiger partial charge on any atom is 0.253 e. The highest BCUT2D eigenvalue weighted by Crippen LogP contribution is 2.26. The van der Waals surface area contributed by atoms with Gasteiger partial charge in [-0.3, -0.25) is 4.79 Å². The molecule has 1 aromatic heterocycles. The first-order valence-electron chi connectivity index (χ1n) is 14.3. The number of hydrogen-bond acceptors (Lipinski definition) is 3. The summed E-state index contributed by atoms with van der Waals surface area (Å²) < 4.78 is 2.41. The van der Waals surface area contributed by atoms with Crippen LogP contribution in [-0.4, -0.2) is 58.0 Å². The van der Waals surface area contributed by atoms with Gasteiger partial charge in [-0.15, -0.1) is 0 Å². The largest absolute Gasteiger partial charge is 0.339 e. The lowest BCUT2D eigenvalue weighted by molar-refractivity contribution is 0.0741. The number of benzene rings is 1. The summed E-state index contributed by atoms with van der Waals surface area (Å²) in [5.41, 5.74) is 2.95. The molecule has 0 spiro atoms. The third-order valence-electron chi connectivity index (χ3n) is 7.62. The van der Waals surface area contributed by atoms with Gasteiger partial charge in [-0.05, 0) is 88.2 Å². The summed E-state index contributed by atoms with van der Waals surface area (Å²) in [5.74, 6) is 2.92. The molecule has 196 valence electrons. The monoisotopic (exact) mass is 482 g/mol. The Morgan fingerprint density at radius 3 is 2.23 bits per heavy atom. The van der Waals surface area contributed by atoms with Crippen molar-refractivity contribution in [3.05, 3.63) is 29.6 Å². The summed E-state index contributed by atoms with van der Waals surface area (Å²) in [6.07, 6.45) is 8.32. The van der Waals surface area contributed by atoms with Gasteiger partial charge in [-0.1, -0.05) is 48.0 Å². The van der Waals surface area contributed by atoms with Crippen molar-refractivity contribution < 1.29 is 4.79 Å². The van der Waals surface area contributed by atoms with Gasteiger partial charge in [0.2, 0.25) is 0 Å². The van der Waals surface area contributed by atoms with Crippen LogP contribution in [0, 0.1) is 11.8 Å². The van der Waals surface area contributed by atoms with Crippen LogP contribution in [0.3, 0.4) is 0 Å². The molecule has 1 atom stereocenters. The van der Waals surface area contributed by atoms with E-state index in [0.29, 0.717) is 17.8 Å². The van der Waals surface area contributed by atoms with Gasteiger partial charge >= 0.3 is 0 Å². The van der Waals surface area contributed by atoms with Crippen LogP contribution in [0.1, 0.15) is 109 Å². The van der Waals surface area contributed by atoms with E-state index in [4.69, 9.17) is 4.98 Å². The average Bonchev–Trinajstić information content (AvgIpc) is 3.21. The van der Waals surface area contributed by atoms with Gasteiger partial charge in [0, 0.05) is 31.1 Å². The van der Waals surface area contributed by atoms with Crippen molar-refractivity contribution in [2.45, 2.75) is 99.0 Å². The lowest BCUT2D eigenvalue weighted by Crippen LogP contribution is -2.34. The zero-order valence-electron chi connectivity index (χ0n) is 23.4. The third kappa shape index (κ3) is 7.80. The van der Waals surface area contributed by atoms with Crippen molar-refractivity contribution >= 4 is 16.9 Å². The normalized spacial score (nSPS) is 15.9. The number of imidazole rings is 1. The van der Waals surface area contributed by atoms with E-state index < -0.39 is 0 Å². The fourth-order valence-corrected chi connectivity index (χ4v) is 5.03. The Hall–Kier alpha value is -1.88. The Balaban J connectivity index is 1.84. The lowest BCUT2D eigenvalue weighted by atomic mass is 10.1. The molecule has 0 saturated carbocycles. The maximum absolute atomic E-state index is 13.6. The number of carbonyl (C=O) groups excluding carboxylic acids is 1. The van der Waals surface area contributed by atoms with Crippen LogP contribution in [0.25, 0.3) is 11.0 Å². The van der Waals surface area contributed by atoms with Crippen molar-refractivity contribution in [3.63, 3.8) is 0 Å². The van der Waals surface area contributed by atoms with E-state index in [1.165, 1.54) is 38.2 Å². The highest BCUT2D eigenvalue weighted by Gasteiger charge is 2.21. The second-order valence-electron chi connectivity index (χ2n) is 11.5. The van der Waals surface area contributed by atoms with E-state index >= 15 is 0 Å². The molecule has 1 unspecified atom stereocenters. The molecule has 2 heterocycles. The minimum absolute atomic E-state index is 0.166. The number of nitrogens with zero attached hydrogens (tertiary/aromatic N) is 4. The molecule has 5 nitrogen and oxygen atoms in total. The quantitative estimate of drug-likeness (QED) is 0.310. The highest BCUT2D eigenvalue weighted by molar-refractivity contribution is 5.97. The number of carbonyl (C=O) groups is 1. The summed E-state index contributed by atoms with van der Waals surface area (Å²) in [7, 11) is 0. The van der Waals surface area contributed by atoms with Crippen LogP contribution < -0.4 is 0 Å². The molecule has 2 aromatic rings. The van der Waals surface area contributed by atoms with Gasteiger partial charge in [0.1, 0.15) is 5.82 Å². The van der Waals surface area contributed by atoms with Crippen LogP contribution in [0.5, 0.6) is 0 Å². The second-order valence-corrected chi connectivity index (χ2v) is 11.5. The fourth-order valence-electron chi connectivity index (χ4n) is 5.03. The van der Waals surface area contributed by atoms with Crippen LogP contribution in [0.15, 0.2) is 18.2 Å². The number of hydrogen-bond donors (Lipinski definition) is 0. The zero-order valence-corrected chi connectivity index (χ0v) is 23.4. The fraction of sp³-hybridized carbons (Fsp3) is 0.733. The molecule has 3 rings (SSSR count). The molecule has 1 aliphatic rings. The molecule has 0 N–H and O–H groups in total. The molecule has 1 fully saturated rings. The van der Waals surface area contributed by atoms with Gasteiger partial charge in [0.25, 0.3) is 5.91 Å². The Bertz CT molecular complexity index is 914. The summed E-state index contributed by atoms with van der Waals surface area (Å²) in [5, 5.41) is 0. The topological polar surface area (TPSA) is 41.4 Å². The van der Waals surface area contributed by atoms with Gasteiger partial charge in [0.05, 0.1) is 11.0 Å². The number of piperidine rings is 1. The molecular weight excluding hydrogens is 432 g/mol. The van der Waals surface area contributed by atoms with Gasteiger partial charge in [-0.25, -0.2) is 4.98 Å². The number of rotatable bonds is 13. The van der Waals surface area contributed by atoms with Crippen LogP contribution in [0.2, 0.25) is 0 Å². The van der Waals surface area contributed by atoms with Crippen molar-refractivity contribution in [1.29, 1.82) is 0 Å². The number of aromatic nitrogens is 2. The molecule has 1 aromatic carbocycles. The smallest absolute Gasteiger partial charge is 0.253 e. The highest BCUT2D eigenvalue weighted by atomic mass is 16.2. The van der Waals surface area contributed by atoms with Crippen LogP contribution in [-0.2, 0) is 6.54 Å². The molecule has 0 radical (unpaired) electrons. The van der Waals surface area contributed by atoms with Crippen molar-refractivity contribution in [2.24, 2.45) is 11.8 Å². The van der Waals surface area contributed by atoms with E-state index in [2.05, 4.69) is 68.0 Å². The minimum atomic E-state index is 0.166. The van der Waals surface area contributed by atoms with Gasteiger partial charge < -0.3 is 14.4 Å². The summed E-state index contributed by atoms with van der Waals surface area (Å²) in [4.78, 5) is 23.4. The first-order chi connectivity index (χ1) is 16.8. The van der Waals surface area contributed by atoms with Gasteiger partial charge in [0.15, 0.2) is 0 Å². The zero-order chi connectivity index (χ0) is 25.4. The van der Waals surface area contributed by atoms with Crippen LogP contribution >= 0.6 is 0 Å². The number of likely N-dealkylation sites (tertiary alicyclic amines) is 1. The maximum atomic E-state index is 13.6. The predicted octanol–water partition coefficient (Wildman–Crippen LogP) is 6.96. The Morgan fingerprint density at radius 1 is 0.971 bits per heavy atom. The first kappa shape index (κ1) is 27.7. The third-order valence-corrected chi connectivity index (χ3v) is 7.62. The molecule has 5 heteroatoms.